The Hall–Kier alpha value is -0.120. The third-order valence-corrected chi connectivity index (χ3v) is 2.90. The van der Waals surface area contributed by atoms with Gasteiger partial charge in [0, 0.05) is 19.0 Å². The van der Waals surface area contributed by atoms with Crippen molar-refractivity contribution in [2.75, 3.05) is 26.3 Å². The molecule has 2 aliphatic rings. The predicted octanol–water partition coefficient (Wildman–Crippen LogP) is 0.218. The van der Waals surface area contributed by atoms with Crippen molar-refractivity contribution in [3.05, 3.63) is 0 Å². The van der Waals surface area contributed by atoms with Crippen molar-refractivity contribution >= 4 is 0 Å². The molecule has 2 fully saturated rings. The van der Waals surface area contributed by atoms with Crippen molar-refractivity contribution in [2.45, 2.75) is 12.8 Å². The van der Waals surface area contributed by atoms with Crippen LogP contribution in [0.2, 0.25) is 0 Å². The summed E-state index contributed by atoms with van der Waals surface area (Å²) >= 11 is 0. The topological polar surface area (TPSA) is 38.5 Å². The van der Waals surface area contributed by atoms with Gasteiger partial charge in [-0.3, -0.25) is 5.84 Å². The summed E-state index contributed by atoms with van der Waals surface area (Å²) < 4.78 is 5.17. The Kier molecular flexibility index (Phi) is 2.11. The zero-order valence-corrected chi connectivity index (χ0v) is 6.83. The fourth-order valence-electron chi connectivity index (χ4n) is 1.92. The number of rotatable bonds is 1. The van der Waals surface area contributed by atoms with Crippen LogP contribution in [0.1, 0.15) is 12.8 Å². The number of hydrogen-bond acceptors (Lipinski definition) is 3. The summed E-state index contributed by atoms with van der Waals surface area (Å²) in [6.07, 6.45) is 2.54. The maximum atomic E-state index is 5.66. The second kappa shape index (κ2) is 3.09. The molecular formula is C8H16N2O. The van der Waals surface area contributed by atoms with Crippen molar-refractivity contribution in [3.8, 4) is 0 Å². The third kappa shape index (κ3) is 1.55. The molecule has 2 rings (SSSR count). The number of nitrogens with zero attached hydrogens (tertiary/aromatic N) is 1. The van der Waals surface area contributed by atoms with Gasteiger partial charge < -0.3 is 4.74 Å². The maximum Gasteiger partial charge on any atom is 0.0519 e. The van der Waals surface area contributed by atoms with E-state index in [0.29, 0.717) is 0 Å². The fraction of sp³-hybridized carbons (Fsp3) is 1.00. The number of nitrogens with two attached hydrogens (primary N) is 1. The first kappa shape index (κ1) is 7.53. The molecule has 2 N–H and O–H groups in total. The maximum absolute atomic E-state index is 5.66. The van der Waals surface area contributed by atoms with Gasteiger partial charge in [-0.25, -0.2) is 5.01 Å². The molecule has 0 aromatic heterocycles. The van der Waals surface area contributed by atoms with Gasteiger partial charge in [-0.1, -0.05) is 0 Å². The largest absolute Gasteiger partial charge is 0.381 e. The fourth-order valence-corrected chi connectivity index (χ4v) is 1.92. The summed E-state index contributed by atoms with van der Waals surface area (Å²) in [5.41, 5.74) is 0. The highest BCUT2D eigenvalue weighted by Gasteiger charge is 2.30. The monoisotopic (exact) mass is 156 g/mol. The first-order valence-corrected chi connectivity index (χ1v) is 4.43. The van der Waals surface area contributed by atoms with E-state index < -0.39 is 0 Å². The molecule has 0 amide bonds. The zero-order valence-electron chi connectivity index (χ0n) is 6.83. The predicted molar refractivity (Wildman–Crippen MR) is 42.8 cm³/mol. The van der Waals surface area contributed by atoms with E-state index in [1.807, 2.05) is 5.01 Å². The molecule has 2 heterocycles. The minimum absolute atomic E-state index is 0.851. The minimum Gasteiger partial charge on any atom is -0.381 e. The van der Waals surface area contributed by atoms with E-state index in [-0.39, 0.29) is 0 Å². The average Bonchev–Trinajstić information content (AvgIpc) is 1.90. The Morgan fingerprint density at radius 2 is 1.73 bits per heavy atom. The molecule has 0 radical (unpaired) electrons. The molecule has 3 heteroatoms. The summed E-state index contributed by atoms with van der Waals surface area (Å²) in [5, 5.41) is 1.93. The van der Waals surface area contributed by atoms with Crippen LogP contribution in [0.25, 0.3) is 0 Å². The van der Waals surface area contributed by atoms with E-state index in [1.54, 1.807) is 0 Å². The van der Waals surface area contributed by atoms with Crippen LogP contribution in [-0.4, -0.2) is 31.3 Å². The van der Waals surface area contributed by atoms with Gasteiger partial charge in [0.1, 0.15) is 0 Å². The van der Waals surface area contributed by atoms with Crippen LogP contribution in [0.4, 0.5) is 0 Å². The van der Waals surface area contributed by atoms with Gasteiger partial charge >= 0.3 is 0 Å². The smallest absolute Gasteiger partial charge is 0.0519 e. The second-order valence-corrected chi connectivity index (χ2v) is 3.67. The molecule has 11 heavy (non-hydrogen) atoms. The molecule has 64 valence electrons. The number of piperidine rings is 1. The molecule has 0 unspecified atom stereocenters. The molecule has 3 nitrogen and oxygen atoms in total. The highest BCUT2D eigenvalue weighted by atomic mass is 16.5. The lowest BCUT2D eigenvalue weighted by Crippen LogP contribution is -2.44. The molecule has 2 aliphatic heterocycles. The number of hydrazine groups is 1. The highest BCUT2D eigenvalue weighted by molar-refractivity contribution is 4.79. The van der Waals surface area contributed by atoms with E-state index in [2.05, 4.69) is 0 Å². The van der Waals surface area contributed by atoms with Gasteiger partial charge in [0.05, 0.1) is 13.2 Å². The Morgan fingerprint density at radius 1 is 1.09 bits per heavy atom. The van der Waals surface area contributed by atoms with Crippen molar-refractivity contribution in [2.24, 2.45) is 17.7 Å². The Bertz CT molecular complexity index is 128. The van der Waals surface area contributed by atoms with Gasteiger partial charge in [-0.2, -0.15) is 0 Å². The molecule has 0 aromatic rings. The van der Waals surface area contributed by atoms with Crippen LogP contribution in [0.5, 0.6) is 0 Å². The highest BCUT2D eigenvalue weighted by Crippen LogP contribution is 2.28. The van der Waals surface area contributed by atoms with Crippen molar-refractivity contribution in [1.29, 1.82) is 0 Å². The summed E-state index contributed by atoms with van der Waals surface area (Å²) in [6.45, 7) is 4.13. The van der Waals surface area contributed by atoms with Crippen molar-refractivity contribution in [3.63, 3.8) is 0 Å². The quantitative estimate of drug-likeness (QED) is 0.552. The molecule has 2 saturated heterocycles. The van der Waals surface area contributed by atoms with Crippen LogP contribution in [0, 0.1) is 11.8 Å². The van der Waals surface area contributed by atoms with Crippen molar-refractivity contribution < 1.29 is 4.74 Å². The van der Waals surface area contributed by atoms with Gasteiger partial charge in [-0.15, -0.1) is 0 Å². The molecule has 0 aliphatic carbocycles. The lowest BCUT2D eigenvalue weighted by Gasteiger charge is -2.38. The first-order valence-electron chi connectivity index (χ1n) is 4.43. The zero-order chi connectivity index (χ0) is 7.68. The molecular weight excluding hydrogens is 140 g/mol. The standard InChI is InChI=1S/C8H16N2O/c9-10-3-1-7(2-4-10)8-5-11-6-8/h7-8H,1-6,9H2. The van der Waals surface area contributed by atoms with Gasteiger partial charge in [0.15, 0.2) is 0 Å². The normalized spacial score (nSPS) is 30.3. The second-order valence-electron chi connectivity index (χ2n) is 3.67. The Labute approximate surface area is 67.5 Å². The lowest BCUT2D eigenvalue weighted by atomic mass is 9.83. The van der Waals surface area contributed by atoms with E-state index in [9.17, 15) is 0 Å². The van der Waals surface area contributed by atoms with E-state index >= 15 is 0 Å². The number of hydrogen-bond donors (Lipinski definition) is 1. The minimum atomic E-state index is 0.851. The van der Waals surface area contributed by atoms with Crippen molar-refractivity contribution in [1.82, 2.24) is 5.01 Å². The summed E-state index contributed by atoms with van der Waals surface area (Å²) in [5.74, 6) is 7.40. The van der Waals surface area contributed by atoms with Crippen LogP contribution >= 0.6 is 0 Å². The third-order valence-electron chi connectivity index (χ3n) is 2.90. The Balaban J connectivity index is 1.77. The SMILES string of the molecule is NN1CCC(C2COC2)CC1. The first-order chi connectivity index (χ1) is 5.36. The van der Waals surface area contributed by atoms with E-state index in [0.717, 1.165) is 38.1 Å². The van der Waals surface area contributed by atoms with E-state index in [4.69, 9.17) is 10.6 Å². The van der Waals surface area contributed by atoms with E-state index in [1.165, 1.54) is 12.8 Å². The van der Waals surface area contributed by atoms with Crippen LogP contribution in [0.3, 0.4) is 0 Å². The van der Waals surface area contributed by atoms with Crippen LogP contribution < -0.4 is 5.84 Å². The lowest BCUT2D eigenvalue weighted by molar-refractivity contribution is -0.0723. The molecule has 0 spiro atoms. The number of ether oxygens (including phenoxy) is 1. The summed E-state index contributed by atoms with van der Waals surface area (Å²) in [4.78, 5) is 0. The summed E-state index contributed by atoms with van der Waals surface area (Å²) in [6, 6.07) is 0. The van der Waals surface area contributed by atoms with Crippen LogP contribution in [0.15, 0.2) is 0 Å². The molecule has 0 bridgehead atoms. The Morgan fingerprint density at radius 3 is 2.18 bits per heavy atom. The molecule has 0 saturated carbocycles. The average molecular weight is 156 g/mol. The van der Waals surface area contributed by atoms with Crippen LogP contribution in [-0.2, 0) is 4.74 Å². The summed E-state index contributed by atoms with van der Waals surface area (Å²) in [7, 11) is 0. The molecule has 0 atom stereocenters. The van der Waals surface area contributed by atoms with Gasteiger partial charge in [-0.05, 0) is 18.8 Å². The van der Waals surface area contributed by atoms with Gasteiger partial charge in [0.25, 0.3) is 0 Å². The molecule has 0 aromatic carbocycles. The van der Waals surface area contributed by atoms with Gasteiger partial charge in [0.2, 0.25) is 0 Å².